The van der Waals surface area contributed by atoms with E-state index in [-0.39, 0.29) is 11.3 Å². The van der Waals surface area contributed by atoms with Crippen molar-refractivity contribution in [1.82, 2.24) is 15.0 Å². The molecule has 0 bridgehead atoms. The number of piperidine rings is 1. The molecule has 2 aliphatic rings. The van der Waals surface area contributed by atoms with E-state index >= 15 is 0 Å². The molecular formula is C27H39N3O3. The fourth-order valence-corrected chi connectivity index (χ4v) is 5.48. The first kappa shape index (κ1) is 23.8. The molecule has 1 fully saturated rings. The van der Waals surface area contributed by atoms with Gasteiger partial charge in [-0.1, -0.05) is 43.6 Å². The van der Waals surface area contributed by atoms with Crippen molar-refractivity contribution in [1.29, 1.82) is 0 Å². The van der Waals surface area contributed by atoms with Gasteiger partial charge in [-0.2, -0.15) is 0 Å². The van der Waals surface area contributed by atoms with Gasteiger partial charge in [-0.25, -0.2) is 0 Å². The second-order valence-electron chi connectivity index (χ2n) is 10.4. The van der Waals surface area contributed by atoms with Crippen LogP contribution in [0.4, 0.5) is 0 Å². The zero-order chi connectivity index (χ0) is 23.3. The van der Waals surface area contributed by atoms with Crippen LogP contribution in [0.1, 0.15) is 67.8 Å². The first-order valence-electron chi connectivity index (χ1n) is 12.6. The van der Waals surface area contributed by atoms with E-state index in [4.69, 9.17) is 9.26 Å². The lowest BCUT2D eigenvalue weighted by Crippen LogP contribution is -2.49. The number of carbonyl (C=O) groups excluding carboxylic acids is 1. The standard InChI is InChI=1S/C27H39N3O3/c1-21(2)19-29-16-17-32-25-10-5-4-8-23(25)9-6-7-11-27(20-29)12-14-30(15-13-27)26(31)24-18-22(3)33-28-24/h4-5,8,10,18,21H,6-7,9,11-17,19-20H2,1-3H3. The van der Waals surface area contributed by atoms with E-state index in [1.165, 1.54) is 24.8 Å². The van der Waals surface area contributed by atoms with Crippen LogP contribution in [0, 0.1) is 18.3 Å². The van der Waals surface area contributed by atoms with Gasteiger partial charge in [0.05, 0.1) is 0 Å². The SMILES string of the molecule is Cc1cc(C(=O)N2CCC3(CCCCc4ccccc4OCCN(CC(C)C)C3)CC2)no1. The van der Waals surface area contributed by atoms with Gasteiger partial charge in [0.25, 0.3) is 5.91 Å². The number of likely N-dealkylation sites (tertiary alicyclic amines) is 1. The van der Waals surface area contributed by atoms with Crippen LogP contribution in [0.3, 0.4) is 0 Å². The monoisotopic (exact) mass is 453 g/mol. The number of aromatic nitrogens is 1. The molecule has 1 aromatic carbocycles. The van der Waals surface area contributed by atoms with E-state index in [1.807, 2.05) is 11.8 Å². The molecule has 1 saturated heterocycles. The summed E-state index contributed by atoms with van der Waals surface area (Å²) in [6.45, 7) is 11.8. The average molecular weight is 454 g/mol. The summed E-state index contributed by atoms with van der Waals surface area (Å²) >= 11 is 0. The number of hydrogen-bond donors (Lipinski definition) is 0. The molecule has 6 heteroatoms. The number of amides is 1. The molecule has 0 unspecified atom stereocenters. The molecule has 0 atom stereocenters. The van der Waals surface area contributed by atoms with Crippen molar-refractivity contribution in [2.45, 2.75) is 59.3 Å². The van der Waals surface area contributed by atoms with E-state index < -0.39 is 0 Å². The molecule has 0 radical (unpaired) electrons. The minimum Gasteiger partial charge on any atom is -0.492 e. The van der Waals surface area contributed by atoms with Crippen molar-refractivity contribution in [3.63, 3.8) is 0 Å². The summed E-state index contributed by atoms with van der Waals surface area (Å²) < 4.78 is 11.4. The lowest BCUT2D eigenvalue weighted by Gasteiger charge is -2.45. The summed E-state index contributed by atoms with van der Waals surface area (Å²) in [5, 5.41) is 3.94. The van der Waals surface area contributed by atoms with E-state index in [1.54, 1.807) is 6.07 Å². The number of aryl methyl sites for hydroxylation is 2. The van der Waals surface area contributed by atoms with E-state index in [2.05, 4.69) is 48.2 Å². The fourth-order valence-electron chi connectivity index (χ4n) is 5.48. The molecule has 3 heterocycles. The van der Waals surface area contributed by atoms with Crippen LogP contribution >= 0.6 is 0 Å². The Hall–Kier alpha value is -2.34. The number of ether oxygens (including phenoxy) is 1. The minimum absolute atomic E-state index is 0.00102. The van der Waals surface area contributed by atoms with Gasteiger partial charge in [0.1, 0.15) is 18.1 Å². The Kier molecular flexibility index (Phi) is 7.74. The Morgan fingerprint density at radius 3 is 2.64 bits per heavy atom. The third kappa shape index (κ3) is 6.17. The Labute approximate surface area is 198 Å². The first-order chi connectivity index (χ1) is 15.9. The predicted octanol–water partition coefficient (Wildman–Crippen LogP) is 4.97. The quantitative estimate of drug-likeness (QED) is 0.657. The number of fused-ring (bicyclic) bond motifs is 1. The smallest absolute Gasteiger partial charge is 0.276 e. The summed E-state index contributed by atoms with van der Waals surface area (Å²) in [4.78, 5) is 17.5. The van der Waals surface area contributed by atoms with Gasteiger partial charge in [-0.15, -0.1) is 0 Å². The molecule has 6 nitrogen and oxygen atoms in total. The maximum absolute atomic E-state index is 12.9. The van der Waals surface area contributed by atoms with Gasteiger partial charge in [-0.3, -0.25) is 9.69 Å². The zero-order valence-corrected chi connectivity index (χ0v) is 20.5. The summed E-state index contributed by atoms with van der Waals surface area (Å²) in [5.74, 6) is 2.34. The number of para-hydroxylation sites is 1. The van der Waals surface area contributed by atoms with Crippen LogP contribution < -0.4 is 4.74 Å². The third-order valence-corrected chi connectivity index (χ3v) is 7.18. The molecule has 1 aromatic heterocycles. The molecule has 2 aromatic rings. The van der Waals surface area contributed by atoms with Gasteiger partial charge in [0.2, 0.25) is 0 Å². The maximum atomic E-state index is 12.9. The van der Waals surface area contributed by atoms with Crippen LogP contribution in [0.5, 0.6) is 5.75 Å². The predicted molar refractivity (Wildman–Crippen MR) is 130 cm³/mol. The zero-order valence-electron chi connectivity index (χ0n) is 20.5. The molecule has 1 spiro atoms. The highest BCUT2D eigenvalue weighted by Gasteiger charge is 2.37. The summed E-state index contributed by atoms with van der Waals surface area (Å²) in [5.41, 5.74) is 2.01. The van der Waals surface area contributed by atoms with E-state index in [0.717, 1.165) is 64.3 Å². The van der Waals surface area contributed by atoms with Crippen molar-refractivity contribution in [3.8, 4) is 5.75 Å². The largest absolute Gasteiger partial charge is 0.492 e. The second kappa shape index (κ2) is 10.7. The molecule has 180 valence electrons. The van der Waals surface area contributed by atoms with Crippen LogP contribution in [-0.4, -0.2) is 60.2 Å². The maximum Gasteiger partial charge on any atom is 0.276 e. The Bertz CT molecular complexity index is 915. The van der Waals surface area contributed by atoms with Crippen molar-refractivity contribution in [2.75, 3.05) is 39.3 Å². The summed E-state index contributed by atoms with van der Waals surface area (Å²) in [7, 11) is 0. The molecule has 33 heavy (non-hydrogen) atoms. The number of benzene rings is 1. The van der Waals surface area contributed by atoms with Gasteiger partial charge in [0, 0.05) is 38.8 Å². The Morgan fingerprint density at radius 2 is 1.91 bits per heavy atom. The number of nitrogens with zero attached hydrogens (tertiary/aromatic N) is 3. The number of carbonyl (C=O) groups is 1. The fraction of sp³-hybridized carbons (Fsp3) is 0.630. The highest BCUT2D eigenvalue weighted by molar-refractivity contribution is 5.92. The Balaban J connectivity index is 1.46. The molecule has 1 amide bonds. The normalized spacial score (nSPS) is 20.1. The van der Waals surface area contributed by atoms with Crippen molar-refractivity contribution < 1.29 is 14.1 Å². The van der Waals surface area contributed by atoms with Crippen molar-refractivity contribution in [3.05, 3.63) is 47.3 Å². The van der Waals surface area contributed by atoms with E-state index in [0.29, 0.717) is 17.4 Å². The van der Waals surface area contributed by atoms with Crippen LogP contribution in [0.25, 0.3) is 0 Å². The van der Waals surface area contributed by atoms with Gasteiger partial charge < -0.3 is 14.2 Å². The van der Waals surface area contributed by atoms with Gasteiger partial charge >= 0.3 is 0 Å². The van der Waals surface area contributed by atoms with Crippen LogP contribution in [0.2, 0.25) is 0 Å². The number of hydrogen-bond acceptors (Lipinski definition) is 5. The third-order valence-electron chi connectivity index (χ3n) is 7.18. The van der Waals surface area contributed by atoms with Crippen LogP contribution in [-0.2, 0) is 6.42 Å². The average Bonchev–Trinajstić information content (AvgIpc) is 3.23. The highest BCUT2D eigenvalue weighted by atomic mass is 16.5. The minimum atomic E-state index is -0.00102. The molecule has 0 aliphatic carbocycles. The molecule has 2 aliphatic heterocycles. The molecule has 0 saturated carbocycles. The molecule has 4 rings (SSSR count). The molecular weight excluding hydrogens is 414 g/mol. The van der Waals surface area contributed by atoms with Crippen molar-refractivity contribution in [2.24, 2.45) is 11.3 Å². The Morgan fingerprint density at radius 1 is 1.12 bits per heavy atom. The topological polar surface area (TPSA) is 58.8 Å². The summed E-state index contributed by atoms with van der Waals surface area (Å²) in [6.07, 6.45) is 6.75. The lowest BCUT2D eigenvalue weighted by atomic mass is 9.73. The lowest BCUT2D eigenvalue weighted by molar-refractivity contribution is 0.0349. The van der Waals surface area contributed by atoms with E-state index in [9.17, 15) is 4.79 Å². The first-order valence-corrected chi connectivity index (χ1v) is 12.6. The van der Waals surface area contributed by atoms with Crippen LogP contribution in [0.15, 0.2) is 34.9 Å². The number of rotatable bonds is 3. The van der Waals surface area contributed by atoms with Crippen molar-refractivity contribution >= 4 is 5.91 Å². The highest BCUT2D eigenvalue weighted by Crippen LogP contribution is 2.39. The molecule has 0 N–H and O–H groups in total. The van der Waals surface area contributed by atoms with Gasteiger partial charge in [0.15, 0.2) is 5.69 Å². The van der Waals surface area contributed by atoms with Gasteiger partial charge in [-0.05, 0) is 62.0 Å². The summed E-state index contributed by atoms with van der Waals surface area (Å²) in [6, 6.07) is 10.2. The second-order valence-corrected chi connectivity index (χ2v) is 10.4.